The number of amides is 3. The minimum atomic E-state index is -0.418. The highest BCUT2D eigenvalue weighted by Crippen LogP contribution is 2.18. The number of carbonyl (C=O) groups excluding carboxylic acids is 2. The van der Waals surface area contributed by atoms with Crippen molar-refractivity contribution in [1.82, 2.24) is 16.0 Å². The quantitative estimate of drug-likeness (QED) is 0.627. The average Bonchev–Trinajstić information content (AvgIpc) is 2.98. The zero-order valence-electron chi connectivity index (χ0n) is 13.3. The SMILES string of the molecule is Cl.O=C(NCC1CNCC1O)c1cccc(N2CCCNC2=O)c1. The van der Waals surface area contributed by atoms with E-state index in [0.717, 1.165) is 12.1 Å². The van der Waals surface area contributed by atoms with Crippen LogP contribution < -0.4 is 20.9 Å². The van der Waals surface area contributed by atoms with E-state index in [0.29, 0.717) is 38.3 Å². The molecule has 3 amide bonds. The Morgan fingerprint density at radius 1 is 1.38 bits per heavy atom. The molecular formula is C16H23ClN4O3. The highest BCUT2D eigenvalue weighted by molar-refractivity contribution is 5.97. The van der Waals surface area contributed by atoms with Crippen LogP contribution in [0.3, 0.4) is 0 Å². The molecule has 7 nitrogen and oxygen atoms in total. The fourth-order valence-electron chi connectivity index (χ4n) is 2.94. The Bertz CT molecular complexity index is 598. The maximum absolute atomic E-state index is 12.3. The summed E-state index contributed by atoms with van der Waals surface area (Å²) in [4.78, 5) is 25.8. The van der Waals surface area contributed by atoms with E-state index >= 15 is 0 Å². The lowest BCUT2D eigenvalue weighted by Crippen LogP contribution is -2.46. The van der Waals surface area contributed by atoms with Gasteiger partial charge in [-0.3, -0.25) is 9.69 Å². The summed E-state index contributed by atoms with van der Waals surface area (Å²) in [6.45, 7) is 3.04. The summed E-state index contributed by atoms with van der Waals surface area (Å²) in [6, 6.07) is 6.92. The van der Waals surface area contributed by atoms with Crippen LogP contribution in [0.2, 0.25) is 0 Å². The van der Waals surface area contributed by atoms with Crippen LogP contribution >= 0.6 is 12.4 Å². The number of halogens is 1. The zero-order chi connectivity index (χ0) is 16.2. The van der Waals surface area contributed by atoms with E-state index in [2.05, 4.69) is 16.0 Å². The molecule has 4 N–H and O–H groups in total. The first-order valence-corrected chi connectivity index (χ1v) is 7.97. The predicted molar refractivity (Wildman–Crippen MR) is 93.8 cm³/mol. The number of urea groups is 1. The van der Waals surface area contributed by atoms with Crippen molar-refractivity contribution in [2.75, 3.05) is 37.6 Å². The molecule has 3 rings (SSSR count). The molecule has 2 saturated heterocycles. The normalized spacial score (nSPS) is 23.4. The van der Waals surface area contributed by atoms with Crippen molar-refractivity contribution in [3.63, 3.8) is 0 Å². The van der Waals surface area contributed by atoms with Crippen molar-refractivity contribution in [3.05, 3.63) is 29.8 Å². The third kappa shape index (κ3) is 4.17. The third-order valence-corrected chi connectivity index (χ3v) is 4.33. The number of nitrogens with one attached hydrogen (secondary N) is 3. The van der Waals surface area contributed by atoms with E-state index in [9.17, 15) is 14.7 Å². The summed E-state index contributed by atoms with van der Waals surface area (Å²) in [6.07, 6.45) is 0.466. The molecule has 8 heteroatoms. The van der Waals surface area contributed by atoms with Crippen LogP contribution in [0.4, 0.5) is 10.5 Å². The van der Waals surface area contributed by atoms with Crippen LogP contribution in [-0.2, 0) is 0 Å². The molecule has 0 aliphatic carbocycles. The van der Waals surface area contributed by atoms with Gasteiger partial charge in [0.15, 0.2) is 0 Å². The number of β-amino-alcohol motifs (C(OH)–C–C–N with tert-alkyl or cyclic N) is 1. The molecule has 0 aromatic heterocycles. The largest absolute Gasteiger partial charge is 0.391 e. The maximum Gasteiger partial charge on any atom is 0.321 e. The van der Waals surface area contributed by atoms with Crippen LogP contribution in [-0.4, -0.2) is 55.9 Å². The monoisotopic (exact) mass is 354 g/mol. The zero-order valence-corrected chi connectivity index (χ0v) is 14.1. The third-order valence-electron chi connectivity index (χ3n) is 4.33. The minimum Gasteiger partial charge on any atom is -0.391 e. The van der Waals surface area contributed by atoms with Crippen LogP contribution in [0.25, 0.3) is 0 Å². The summed E-state index contributed by atoms with van der Waals surface area (Å²) in [5.41, 5.74) is 1.23. The van der Waals surface area contributed by atoms with E-state index in [1.807, 2.05) is 6.07 Å². The Morgan fingerprint density at radius 3 is 2.92 bits per heavy atom. The Morgan fingerprint density at radius 2 is 2.21 bits per heavy atom. The number of aliphatic hydroxyl groups excluding tert-OH is 1. The molecule has 2 heterocycles. The Hall–Kier alpha value is -1.83. The molecular weight excluding hydrogens is 332 g/mol. The van der Waals surface area contributed by atoms with Gasteiger partial charge in [0.25, 0.3) is 5.91 Å². The van der Waals surface area contributed by atoms with Crippen LogP contribution in [0.5, 0.6) is 0 Å². The molecule has 2 unspecified atom stereocenters. The van der Waals surface area contributed by atoms with Crippen LogP contribution in [0.15, 0.2) is 24.3 Å². The molecule has 0 saturated carbocycles. The van der Waals surface area contributed by atoms with Crippen molar-refractivity contribution in [3.8, 4) is 0 Å². The Balaban J connectivity index is 0.00000208. The number of rotatable bonds is 4. The van der Waals surface area contributed by atoms with Gasteiger partial charge < -0.3 is 21.1 Å². The average molecular weight is 355 g/mol. The molecule has 2 fully saturated rings. The molecule has 132 valence electrons. The standard InChI is InChI=1S/C16H22N4O3.ClH/c21-14-10-17-8-12(14)9-19-15(22)11-3-1-4-13(7-11)20-6-2-5-18-16(20)23;/h1,3-4,7,12,14,17,21H,2,5-6,8-10H2,(H,18,23)(H,19,22);1H. The van der Waals surface area contributed by atoms with Crippen molar-refractivity contribution < 1.29 is 14.7 Å². The first kappa shape index (κ1) is 18.5. The van der Waals surface area contributed by atoms with Crippen LogP contribution in [0.1, 0.15) is 16.8 Å². The molecule has 2 atom stereocenters. The van der Waals surface area contributed by atoms with Crippen molar-refractivity contribution in [1.29, 1.82) is 0 Å². The van der Waals surface area contributed by atoms with Gasteiger partial charge in [-0.15, -0.1) is 12.4 Å². The molecule has 0 radical (unpaired) electrons. The number of carbonyl (C=O) groups is 2. The number of aliphatic hydroxyl groups is 1. The molecule has 1 aromatic rings. The van der Waals surface area contributed by atoms with E-state index in [1.54, 1.807) is 23.1 Å². The Kier molecular flexibility index (Phi) is 6.42. The lowest BCUT2D eigenvalue weighted by atomic mass is 10.1. The lowest BCUT2D eigenvalue weighted by Gasteiger charge is -2.27. The second-order valence-corrected chi connectivity index (χ2v) is 5.98. The number of anilines is 1. The number of hydrogen-bond donors (Lipinski definition) is 4. The maximum atomic E-state index is 12.3. The Labute approximate surface area is 147 Å². The van der Waals surface area contributed by atoms with Gasteiger partial charge in [0.1, 0.15) is 0 Å². The summed E-state index contributed by atoms with van der Waals surface area (Å²) in [5, 5.41) is 18.5. The first-order valence-electron chi connectivity index (χ1n) is 7.97. The molecule has 24 heavy (non-hydrogen) atoms. The molecule has 0 bridgehead atoms. The highest BCUT2D eigenvalue weighted by Gasteiger charge is 2.25. The van der Waals surface area contributed by atoms with Crippen molar-refractivity contribution in [2.45, 2.75) is 12.5 Å². The fraction of sp³-hybridized carbons (Fsp3) is 0.500. The molecule has 1 aromatic carbocycles. The molecule has 0 spiro atoms. The van der Waals surface area contributed by atoms with Gasteiger partial charge in [-0.25, -0.2) is 4.79 Å². The smallest absolute Gasteiger partial charge is 0.321 e. The van der Waals surface area contributed by atoms with Crippen molar-refractivity contribution in [2.24, 2.45) is 5.92 Å². The minimum absolute atomic E-state index is 0. The summed E-state index contributed by atoms with van der Waals surface area (Å²) in [7, 11) is 0. The van der Waals surface area contributed by atoms with Gasteiger partial charge in [-0.2, -0.15) is 0 Å². The van der Waals surface area contributed by atoms with E-state index < -0.39 is 6.10 Å². The van der Waals surface area contributed by atoms with Crippen LogP contribution in [0, 0.1) is 5.92 Å². The van der Waals surface area contributed by atoms with Crippen molar-refractivity contribution >= 4 is 30.0 Å². The summed E-state index contributed by atoms with van der Waals surface area (Å²) in [5.74, 6) is -0.154. The number of benzene rings is 1. The van der Waals surface area contributed by atoms with Gasteiger partial charge in [0, 0.05) is 49.9 Å². The van der Waals surface area contributed by atoms with Gasteiger partial charge >= 0.3 is 6.03 Å². The second kappa shape index (κ2) is 8.32. The molecule has 2 aliphatic rings. The topological polar surface area (TPSA) is 93.7 Å². The lowest BCUT2D eigenvalue weighted by molar-refractivity contribution is 0.0927. The molecule has 2 aliphatic heterocycles. The highest BCUT2D eigenvalue weighted by atomic mass is 35.5. The number of hydrogen-bond acceptors (Lipinski definition) is 4. The number of nitrogens with zero attached hydrogens (tertiary/aromatic N) is 1. The van der Waals surface area contributed by atoms with Gasteiger partial charge in [-0.1, -0.05) is 6.07 Å². The van der Waals surface area contributed by atoms with Gasteiger partial charge in [0.2, 0.25) is 0 Å². The second-order valence-electron chi connectivity index (χ2n) is 5.98. The predicted octanol–water partition coefficient (Wildman–Crippen LogP) is 0.338. The van der Waals surface area contributed by atoms with Gasteiger partial charge in [-0.05, 0) is 24.6 Å². The first-order chi connectivity index (χ1) is 11.1. The van der Waals surface area contributed by atoms with E-state index in [-0.39, 0.29) is 30.3 Å². The summed E-state index contributed by atoms with van der Waals surface area (Å²) >= 11 is 0. The summed E-state index contributed by atoms with van der Waals surface area (Å²) < 4.78 is 0. The van der Waals surface area contributed by atoms with E-state index in [4.69, 9.17) is 0 Å². The fourth-order valence-corrected chi connectivity index (χ4v) is 2.94. The van der Waals surface area contributed by atoms with E-state index in [1.165, 1.54) is 0 Å². The van der Waals surface area contributed by atoms with Gasteiger partial charge in [0.05, 0.1) is 6.10 Å².